The monoisotopic (exact) mass is 368 g/mol. The fraction of sp³-hybridized carbons (Fsp3) is 0.318. The Balaban J connectivity index is 0.00000196. The highest BCUT2D eigenvalue weighted by Gasteiger charge is 2.19. The average Bonchev–Trinajstić information content (AvgIpc) is 2.63. The second-order valence-corrected chi connectivity index (χ2v) is 6.92. The zero-order valence-electron chi connectivity index (χ0n) is 15.3. The largest absolute Gasteiger partial charge is 0.490 e. The lowest BCUT2D eigenvalue weighted by molar-refractivity contribution is 0.163. The molecule has 0 atom stereocenters. The molecule has 136 valence electrons. The number of hydrogen-bond donors (Lipinski definition) is 1. The van der Waals surface area contributed by atoms with Gasteiger partial charge in [-0.25, -0.2) is 0 Å². The Kier molecular flexibility index (Phi) is 5.80. The van der Waals surface area contributed by atoms with Gasteiger partial charge in [-0.3, -0.25) is 4.98 Å². The van der Waals surface area contributed by atoms with Crippen molar-refractivity contribution in [3.8, 4) is 16.9 Å². The molecule has 1 N–H and O–H groups in total. The van der Waals surface area contributed by atoms with E-state index in [1.165, 1.54) is 27.6 Å². The highest BCUT2D eigenvalue weighted by molar-refractivity contribution is 6.00. The normalized spacial score (nSPS) is 14.8. The zero-order valence-corrected chi connectivity index (χ0v) is 16.1. The van der Waals surface area contributed by atoms with Crippen LogP contribution >= 0.6 is 12.4 Å². The van der Waals surface area contributed by atoms with Gasteiger partial charge in [0.2, 0.25) is 0 Å². The fourth-order valence-electron chi connectivity index (χ4n) is 3.71. The van der Waals surface area contributed by atoms with Crippen LogP contribution in [0.2, 0.25) is 0 Å². The predicted octanol–water partition coefficient (Wildman–Crippen LogP) is 5.07. The molecule has 0 bridgehead atoms. The molecule has 1 aliphatic rings. The number of aryl methyl sites for hydroxylation is 2. The van der Waals surface area contributed by atoms with Crippen LogP contribution in [-0.2, 0) is 0 Å². The standard InChI is InChI=1S/C22H24N2O.ClH/c1-15-3-5-19(16(2)13-15)22-20-9-12-24-14-17(20)4-6-21(22)25-18-7-10-23-11-8-18;/h3-6,9,12-14,18,23H,7-8,10-11H2,1-2H3;1H. The quantitative estimate of drug-likeness (QED) is 0.700. The Hall–Kier alpha value is -2.10. The second kappa shape index (κ2) is 8.07. The van der Waals surface area contributed by atoms with E-state index in [0.717, 1.165) is 37.1 Å². The molecular weight excluding hydrogens is 344 g/mol. The number of aromatic nitrogens is 1. The first-order valence-electron chi connectivity index (χ1n) is 9.04. The maximum absolute atomic E-state index is 6.47. The van der Waals surface area contributed by atoms with E-state index in [9.17, 15) is 0 Å². The number of ether oxygens (including phenoxy) is 1. The van der Waals surface area contributed by atoms with Crippen molar-refractivity contribution in [2.75, 3.05) is 13.1 Å². The van der Waals surface area contributed by atoms with E-state index in [2.05, 4.69) is 60.5 Å². The van der Waals surface area contributed by atoms with Crippen LogP contribution in [0.1, 0.15) is 24.0 Å². The molecule has 3 aromatic rings. The molecule has 4 rings (SSSR count). The van der Waals surface area contributed by atoms with Gasteiger partial charge < -0.3 is 10.1 Å². The van der Waals surface area contributed by atoms with Gasteiger partial charge in [0, 0.05) is 23.3 Å². The lowest BCUT2D eigenvalue weighted by atomic mass is 9.94. The van der Waals surface area contributed by atoms with Crippen molar-refractivity contribution in [2.45, 2.75) is 32.8 Å². The zero-order chi connectivity index (χ0) is 17.2. The first kappa shape index (κ1) is 18.7. The summed E-state index contributed by atoms with van der Waals surface area (Å²) in [5.41, 5.74) is 4.99. The molecule has 1 saturated heterocycles. The molecule has 2 aromatic carbocycles. The van der Waals surface area contributed by atoms with Crippen LogP contribution in [0, 0.1) is 13.8 Å². The third-order valence-electron chi connectivity index (χ3n) is 5.01. The fourth-order valence-corrected chi connectivity index (χ4v) is 3.71. The molecular formula is C22H25ClN2O. The van der Waals surface area contributed by atoms with Crippen molar-refractivity contribution in [1.29, 1.82) is 0 Å². The first-order valence-corrected chi connectivity index (χ1v) is 9.04. The first-order chi connectivity index (χ1) is 12.2. The van der Waals surface area contributed by atoms with Crippen LogP contribution < -0.4 is 10.1 Å². The minimum atomic E-state index is 0. The van der Waals surface area contributed by atoms with Crippen molar-refractivity contribution in [2.24, 2.45) is 0 Å². The third kappa shape index (κ3) is 3.69. The molecule has 0 aliphatic carbocycles. The Morgan fingerprint density at radius 1 is 1.04 bits per heavy atom. The van der Waals surface area contributed by atoms with Gasteiger partial charge in [-0.05, 0) is 74.5 Å². The SMILES string of the molecule is Cc1ccc(-c2c(OC3CCNCC3)ccc3cnccc23)c(C)c1.Cl. The minimum Gasteiger partial charge on any atom is -0.490 e. The van der Waals surface area contributed by atoms with Gasteiger partial charge >= 0.3 is 0 Å². The Bertz CT molecular complexity index is 904. The van der Waals surface area contributed by atoms with Crippen molar-refractivity contribution in [1.82, 2.24) is 10.3 Å². The van der Waals surface area contributed by atoms with Crippen molar-refractivity contribution in [3.05, 3.63) is 59.9 Å². The van der Waals surface area contributed by atoms with Crippen LogP contribution in [0.15, 0.2) is 48.8 Å². The molecule has 0 unspecified atom stereocenters. The molecule has 3 nitrogen and oxygen atoms in total. The van der Waals surface area contributed by atoms with E-state index in [1.54, 1.807) is 0 Å². The van der Waals surface area contributed by atoms with Gasteiger partial charge in [-0.15, -0.1) is 12.4 Å². The van der Waals surface area contributed by atoms with Gasteiger partial charge in [0.05, 0.1) is 0 Å². The van der Waals surface area contributed by atoms with Gasteiger partial charge in [0.1, 0.15) is 11.9 Å². The summed E-state index contributed by atoms with van der Waals surface area (Å²) in [6.07, 6.45) is 6.19. The van der Waals surface area contributed by atoms with Gasteiger partial charge in [-0.2, -0.15) is 0 Å². The number of nitrogens with zero attached hydrogens (tertiary/aromatic N) is 1. The molecule has 4 heteroatoms. The van der Waals surface area contributed by atoms with Crippen LogP contribution in [-0.4, -0.2) is 24.2 Å². The van der Waals surface area contributed by atoms with Crippen LogP contribution in [0.3, 0.4) is 0 Å². The number of pyridine rings is 1. The van der Waals surface area contributed by atoms with Crippen molar-refractivity contribution >= 4 is 23.2 Å². The molecule has 2 heterocycles. The van der Waals surface area contributed by atoms with Gasteiger partial charge in [0.25, 0.3) is 0 Å². The van der Waals surface area contributed by atoms with E-state index in [1.807, 2.05) is 12.4 Å². The lowest BCUT2D eigenvalue weighted by Gasteiger charge is -2.26. The average molecular weight is 369 g/mol. The topological polar surface area (TPSA) is 34.1 Å². The highest BCUT2D eigenvalue weighted by atomic mass is 35.5. The van der Waals surface area contributed by atoms with Crippen molar-refractivity contribution < 1.29 is 4.74 Å². The summed E-state index contributed by atoms with van der Waals surface area (Å²) in [7, 11) is 0. The third-order valence-corrected chi connectivity index (χ3v) is 5.01. The predicted molar refractivity (Wildman–Crippen MR) is 110 cm³/mol. The molecule has 0 spiro atoms. The summed E-state index contributed by atoms with van der Waals surface area (Å²) in [4.78, 5) is 4.28. The molecule has 0 radical (unpaired) electrons. The van der Waals surface area contributed by atoms with E-state index < -0.39 is 0 Å². The van der Waals surface area contributed by atoms with Gasteiger partial charge in [-0.1, -0.05) is 23.8 Å². The Morgan fingerprint density at radius 3 is 2.62 bits per heavy atom. The maximum Gasteiger partial charge on any atom is 0.128 e. The summed E-state index contributed by atoms with van der Waals surface area (Å²) >= 11 is 0. The van der Waals surface area contributed by atoms with Crippen LogP contribution in [0.5, 0.6) is 5.75 Å². The Morgan fingerprint density at radius 2 is 1.85 bits per heavy atom. The number of rotatable bonds is 3. The summed E-state index contributed by atoms with van der Waals surface area (Å²) in [5, 5.41) is 5.75. The summed E-state index contributed by atoms with van der Waals surface area (Å²) in [6.45, 7) is 6.37. The molecule has 1 aliphatic heterocycles. The van der Waals surface area contributed by atoms with Gasteiger partial charge in [0.15, 0.2) is 0 Å². The van der Waals surface area contributed by atoms with E-state index in [0.29, 0.717) is 0 Å². The highest BCUT2D eigenvalue weighted by Crippen LogP contribution is 2.39. The molecule has 1 fully saturated rings. The van der Waals surface area contributed by atoms with E-state index >= 15 is 0 Å². The molecule has 0 amide bonds. The number of piperidine rings is 1. The maximum atomic E-state index is 6.47. The van der Waals surface area contributed by atoms with Crippen molar-refractivity contribution in [3.63, 3.8) is 0 Å². The summed E-state index contributed by atoms with van der Waals surface area (Å²) in [5.74, 6) is 0.984. The molecule has 1 aromatic heterocycles. The summed E-state index contributed by atoms with van der Waals surface area (Å²) in [6, 6.07) is 13.0. The number of fused-ring (bicyclic) bond motifs is 1. The van der Waals surface area contributed by atoms with Crippen LogP contribution in [0.25, 0.3) is 21.9 Å². The molecule has 0 saturated carbocycles. The minimum absolute atomic E-state index is 0. The van der Waals surface area contributed by atoms with E-state index in [-0.39, 0.29) is 18.5 Å². The number of benzene rings is 2. The summed E-state index contributed by atoms with van der Waals surface area (Å²) < 4.78 is 6.47. The number of nitrogens with one attached hydrogen (secondary N) is 1. The van der Waals surface area contributed by atoms with E-state index in [4.69, 9.17) is 4.74 Å². The number of halogens is 1. The molecule has 26 heavy (non-hydrogen) atoms. The van der Waals surface area contributed by atoms with Crippen LogP contribution in [0.4, 0.5) is 0 Å². The smallest absolute Gasteiger partial charge is 0.128 e. The number of hydrogen-bond acceptors (Lipinski definition) is 3. The Labute approximate surface area is 161 Å². The lowest BCUT2D eigenvalue weighted by Crippen LogP contribution is -2.34. The second-order valence-electron chi connectivity index (χ2n) is 6.92.